The third-order valence-electron chi connectivity index (χ3n) is 6.67. The summed E-state index contributed by atoms with van der Waals surface area (Å²) in [6, 6.07) is 9.25. The molecule has 0 amide bonds. The lowest BCUT2D eigenvalue weighted by atomic mass is 9.79. The lowest BCUT2D eigenvalue weighted by molar-refractivity contribution is -0.139. The van der Waals surface area contributed by atoms with Crippen molar-refractivity contribution >= 4 is 16.9 Å². The van der Waals surface area contributed by atoms with Crippen LogP contribution in [0.15, 0.2) is 49.1 Å². The molecule has 1 aliphatic heterocycles. The second-order valence-electron chi connectivity index (χ2n) is 8.91. The Kier molecular flexibility index (Phi) is 8.24. The van der Waals surface area contributed by atoms with Gasteiger partial charge in [-0.3, -0.25) is 14.7 Å². The van der Waals surface area contributed by atoms with E-state index in [1.807, 2.05) is 24.3 Å². The molecule has 0 aliphatic carbocycles. The summed E-state index contributed by atoms with van der Waals surface area (Å²) in [6.07, 6.45) is 6.49. The number of piperidine rings is 1. The van der Waals surface area contributed by atoms with Crippen LogP contribution in [0.2, 0.25) is 0 Å². The highest BCUT2D eigenvalue weighted by Gasteiger charge is 2.31. The quantitative estimate of drug-likeness (QED) is 0.479. The van der Waals surface area contributed by atoms with Crippen molar-refractivity contribution in [2.45, 2.75) is 31.8 Å². The molecule has 1 saturated heterocycles. The van der Waals surface area contributed by atoms with Crippen molar-refractivity contribution in [1.82, 2.24) is 19.9 Å². The third-order valence-corrected chi connectivity index (χ3v) is 6.67. The molecule has 35 heavy (non-hydrogen) atoms. The predicted octanol–water partition coefficient (Wildman–Crippen LogP) is 3.31. The molecule has 0 unspecified atom stereocenters. The zero-order valence-electron chi connectivity index (χ0n) is 19.8. The summed E-state index contributed by atoms with van der Waals surface area (Å²) in [5, 5.41) is 21.4. The van der Waals surface area contributed by atoms with E-state index in [2.05, 4.69) is 31.7 Å². The van der Waals surface area contributed by atoms with Crippen LogP contribution in [-0.2, 0) is 4.79 Å². The number of nitrogens with zero attached hydrogens (tertiary/aromatic N) is 4. The number of hydrogen-bond donors (Lipinski definition) is 2. The highest BCUT2D eigenvalue weighted by atomic mass is 16.5. The predicted molar refractivity (Wildman–Crippen MR) is 132 cm³/mol. The number of carboxylic acids is 1. The Balaban J connectivity index is 1.39. The molecule has 3 heterocycles. The maximum absolute atomic E-state index is 11.6. The van der Waals surface area contributed by atoms with Gasteiger partial charge in [-0.15, -0.1) is 0 Å². The van der Waals surface area contributed by atoms with Gasteiger partial charge in [-0.25, -0.2) is 9.97 Å². The molecule has 1 fully saturated rings. The number of methoxy groups -OCH3 is 1. The number of pyridine rings is 1. The standard InChI is InChI=1S/C27H30N4O4/c1-35-22-5-6-25-24(16-22)23(9-12-29-25)26(32)7-4-19-10-14-31(17-20(19)15-27(33)34)13-2-3-21-8-11-28-18-30-21/h5-6,8-9,11-12,16,18-20,26,32H,4,7,10,13-15,17H2,1H3,(H,33,34)/t19-,20+,26+/m1/s1. The van der Waals surface area contributed by atoms with E-state index >= 15 is 0 Å². The number of aromatic nitrogens is 3. The molecular formula is C27H30N4O4. The minimum atomic E-state index is -0.790. The van der Waals surface area contributed by atoms with E-state index < -0.39 is 12.1 Å². The first-order valence-corrected chi connectivity index (χ1v) is 11.8. The van der Waals surface area contributed by atoms with Gasteiger partial charge in [-0.2, -0.15) is 0 Å². The van der Waals surface area contributed by atoms with Crippen LogP contribution in [0.4, 0.5) is 0 Å². The first-order chi connectivity index (χ1) is 17.0. The van der Waals surface area contributed by atoms with Gasteiger partial charge in [-0.05, 0) is 79.5 Å². The highest BCUT2D eigenvalue weighted by molar-refractivity contribution is 5.83. The molecule has 0 radical (unpaired) electrons. The lowest BCUT2D eigenvalue weighted by Crippen LogP contribution is -2.41. The maximum atomic E-state index is 11.6. The van der Waals surface area contributed by atoms with Crippen LogP contribution in [0.25, 0.3) is 10.9 Å². The van der Waals surface area contributed by atoms with Crippen LogP contribution >= 0.6 is 0 Å². The molecule has 1 aliphatic rings. The topological polar surface area (TPSA) is 109 Å². The molecule has 1 aromatic carbocycles. The zero-order chi connectivity index (χ0) is 24.6. The first kappa shape index (κ1) is 24.6. The van der Waals surface area contributed by atoms with Gasteiger partial charge in [0, 0.05) is 30.7 Å². The molecule has 3 atom stereocenters. The van der Waals surface area contributed by atoms with Crippen molar-refractivity contribution in [3.8, 4) is 17.6 Å². The normalized spacial score (nSPS) is 19.0. The van der Waals surface area contributed by atoms with Crippen LogP contribution < -0.4 is 4.74 Å². The number of rotatable bonds is 8. The zero-order valence-corrected chi connectivity index (χ0v) is 19.8. The number of ether oxygens (including phenoxy) is 1. The monoisotopic (exact) mass is 474 g/mol. The van der Waals surface area contributed by atoms with Gasteiger partial charge in [0.15, 0.2) is 0 Å². The summed E-state index contributed by atoms with van der Waals surface area (Å²) in [4.78, 5) is 26.1. The summed E-state index contributed by atoms with van der Waals surface area (Å²) >= 11 is 0. The summed E-state index contributed by atoms with van der Waals surface area (Å²) in [6.45, 7) is 2.10. The Morgan fingerprint density at radius 3 is 2.89 bits per heavy atom. The second-order valence-corrected chi connectivity index (χ2v) is 8.91. The molecule has 4 rings (SSSR count). The highest BCUT2D eigenvalue weighted by Crippen LogP contribution is 2.34. The minimum Gasteiger partial charge on any atom is -0.497 e. The van der Waals surface area contributed by atoms with Crippen molar-refractivity contribution in [3.05, 3.63) is 60.3 Å². The van der Waals surface area contributed by atoms with Gasteiger partial charge in [0.2, 0.25) is 0 Å². The molecule has 8 heteroatoms. The number of benzene rings is 1. The Labute approximate surface area is 205 Å². The average molecular weight is 475 g/mol. The number of carbonyl (C=O) groups is 1. The van der Waals surface area contributed by atoms with Crippen molar-refractivity contribution in [3.63, 3.8) is 0 Å². The molecular weight excluding hydrogens is 444 g/mol. The van der Waals surface area contributed by atoms with Crippen LogP contribution in [0.1, 0.15) is 43.0 Å². The average Bonchev–Trinajstić information content (AvgIpc) is 2.87. The third kappa shape index (κ3) is 6.53. The van der Waals surface area contributed by atoms with E-state index in [0.717, 1.165) is 41.6 Å². The fourth-order valence-corrected chi connectivity index (χ4v) is 4.83. The second kappa shape index (κ2) is 11.7. The Bertz CT molecular complexity index is 1210. The SMILES string of the molecule is COc1ccc2nccc([C@@H](O)CC[C@@H]3CCN(CC#Cc4ccncn4)C[C@@H]3CC(=O)O)c2c1. The Morgan fingerprint density at radius 1 is 1.23 bits per heavy atom. The van der Waals surface area contributed by atoms with E-state index in [1.54, 1.807) is 25.6 Å². The molecule has 2 N–H and O–H groups in total. The number of hydrogen-bond acceptors (Lipinski definition) is 7. The van der Waals surface area contributed by atoms with Crippen molar-refractivity contribution in [1.29, 1.82) is 0 Å². The number of likely N-dealkylation sites (tertiary alicyclic amines) is 1. The summed E-state index contributed by atoms with van der Waals surface area (Å²) < 4.78 is 5.34. The number of aliphatic hydroxyl groups excluding tert-OH is 1. The molecule has 2 aromatic heterocycles. The summed E-state index contributed by atoms with van der Waals surface area (Å²) in [5.74, 6) is 6.35. The van der Waals surface area contributed by atoms with E-state index in [-0.39, 0.29) is 18.3 Å². The van der Waals surface area contributed by atoms with Gasteiger partial charge in [0.1, 0.15) is 17.8 Å². The molecule has 0 bridgehead atoms. The van der Waals surface area contributed by atoms with Gasteiger partial charge >= 0.3 is 5.97 Å². The number of fused-ring (bicyclic) bond motifs is 1. The van der Waals surface area contributed by atoms with Gasteiger partial charge in [0.05, 0.1) is 25.3 Å². The summed E-state index contributed by atoms with van der Waals surface area (Å²) in [7, 11) is 1.62. The fourth-order valence-electron chi connectivity index (χ4n) is 4.83. The number of aliphatic hydroxyl groups is 1. The molecule has 3 aromatic rings. The largest absolute Gasteiger partial charge is 0.497 e. The smallest absolute Gasteiger partial charge is 0.303 e. The van der Waals surface area contributed by atoms with Gasteiger partial charge in [0.25, 0.3) is 0 Å². The van der Waals surface area contributed by atoms with Gasteiger partial charge < -0.3 is 14.9 Å². The van der Waals surface area contributed by atoms with E-state index in [0.29, 0.717) is 25.2 Å². The molecule has 0 saturated carbocycles. The number of aliphatic carboxylic acids is 1. The minimum absolute atomic E-state index is 0.0172. The Hall–Kier alpha value is -3.54. The van der Waals surface area contributed by atoms with Crippen molar-refractivity contribution in [2.75, 3.05) is 26.7 Å². The van der Waals surface area contributed by atoms with Crippen LogP contribution in [-0.4, -0.2) is 62.8 Å². The molecule has 8 nitrogen and oxygen atoms in total. The van der Waals surface area contributed by atoms with E-state index in [9.17, 15) is 15.0 Å². The lowest BCUT2D eigenvalue weighted by Gasteiger charge is -2.37. The van der Waals surface area contributed by atoms with E-state index in [1.165, 1.54) is 6.33 Å². The fraction of sp³-hybridized carbons (Fsp3) is 0.407. The van der Waals surface area contributed by atoms with Crippen molar-refractivity contribution in [2.24, 2.45) is 11.8 Å². The van der Waals surface area contributed by atoms with Crippen LogP contribution in [0, 0.1) is 23.7 Å². The molecule has 182 valence electrons. The number of carboxylic acid groups (broad SMARTS) is 1. The maximum Gasteiger partial charge on any atom is 0.303 e. The Morgan fingerprint density at radius 2 is 2.11 bits per heavy atom. The van der Waals surface area contributed by atoms with Crippen LogP contribution in [0.3, 0.4) is 0 Å². The van der Waals surface area contributed by atoms with Gasteiger partial charge in [-0.1, -0.05) is 5.92 Å². The summed E-state index contributed by atoms with van der Waals surface area (Å²) in [5.41, 5.74) is 2.30. The van der Waals surface area contributed by atoms with E-state index in [4.69, 9.17) is 4.74 Å². The van der Waals surface area contributed by atoms with Crippen molar-refractivity contribution < 1.29 is 19.7 Å². The van der Waals surface area contributed by atoms with Crippen LogP contribution in [0.5, 0.6) is 5.75 Å². The first-order valence-electron chi connectivity index (χ1n) is 11.8. The molecule has 0 spiro atoms.